The fourth-order valence-electron chi connectivity index (χ4n) is 2.55. The number of methoxy groups -OCH3 is 2. The number of rotatable bonds is 6. The van der Waals surface area contributed by atoms with Crippen LogP contribution in [0.4, 0.5) is 5.69 Å². The van der Waals surface area contributed by atoms with Gasteiger partial charge in [0.15, 0.2) is 17.6 Å². The highest BCUT2D eigenvalue weighted by Gasteiger charge is 2.19. The van der Waals surface area contributed by atoms with Gasteiger partial charge in [0.25, 0.3) is 5.91 Å². The van der Waals surface area contributed by atoms with Crippen LogP contribution >= 0.6 is 0 Å². The van der Waals surface area contributed by atoms with Gasteiger partial charge in [-0.3, -0.25) is 4.79 Å². The molecule has 0 aliphatic rings. The molecule has 2 aromatic carbocycles. The van der Waals surface area contributed by atoms with Gasteiger partial charge >= 0.3 is 5.97 Å². The van der Waals surface area contributed by atoms with Crippen LogP contribution < -0.4 is 14.8 Å². The molecule has 0 spiro atoms. The Morgan fingerprint density at radius 3 is 2.14 bits per heavy atom. The van der Waals surface area contributed by atoms with Gasteiger partial charge in [-0.2, -0.15) is 0 Å². The standard InChI is InChI=1S/C22H27NO5/c1-14(20(24)23-17-10-8-16(9-11-17)22(2,3)4)28-18-12-7-15(21(25)27-6)13-19(18)26-5/h7-14H,1-6H3,(H,23,24)/t14-/m0/s1. The number of carbonyl (C=O) groups is 2. The molecule has 0 radical (unpaired) electrons. The molecule has 0 heterocycles. The van der Waals surface area contributed by atoms with Crippen molar-refractivity contribution in [2.45, 2.75) is 39.2 Å². The second kappa shape index (κ2) is 8.78. The maximum Gasteiger partial charge on any atom is 0.337 e. The summed E-state index contributed by atoms with van der Waals surface area (Å²) in [5, 5.41) is 2.84. The summed E-state index contributed by atoms with van der Waals surface area (Å²) < 4.78 is 15.7. The smallest absolute Gasteiger partial charge is 0.337 e. The third-order valence-corrected chi connectivity index (χ3v) is 4.28. The Balaban J connectivity index is 2.07. The quantitative estimate of drug-likeness (QED) is 0.755. The number of carbonyl (C=O) groups excluding carboxylic acids is 2. The Kier molecular flexibility index (Phi) is 6.67. The molecular weight excluding hydrogens is 358 g/mol. The fraction of sp³-hybridized carbons (Fsp3) is 0.364. The second-order valence-corrected chi connectivity index (χ2v) is 7.43. The monoisotopic (exact) mass is 385 g/mol. The lowest BCUT2D eigenvalue weighted by Crippen LogP contribution is -2.30. The molecule has 0 saturated heterocycles. The minimum atomic E-state index is -0.764. The predicted octanol–water partition coefficient (Wildman–Crippen LogP) is 4.19. The van der Waals surface area contributed by atoms with Crippen LogP contribution in [0.3, 0.4) is 0 Å². The van der Waals surface area contributed by atoms with Crippen LogP contribution in [0.1, 0.15) is 43.6 Å². The van der Waals surface area contributed by atoms with Crippen LogP contribution in [0.5, 0.6) is 11.5 Å². The summed E-state index contributed by atoms with van der Waals surface area (Å²) in [6.07, 6.45) is -0.764. The lowest BCUT2D eigenvalue weighted by molar-refractivity contribution is -0.122. The SMILES string of the molecule is COC(=O)c1ccc(O[C@@H](C)C(=O)Nc2ccc(C(C)(C)C)cc2)c(OC)c1. The van der Waals surface area contributed by atoms with Crippen molar-refractivity contribution in [3.63, 3.8) is 0 Å². The number of amides is 1. The largest absolute Gasteiger partial charge is 0.493 e. The van der Waals surface area contributed by atoms with Crippen molar-refractivity contribution in [2.24, 2.45) is 0 Å². The van der Waals surface area contributed by atoms with Gasteiger partial charge in [-0.25, -0.2) is 4.79 Å². The average molecular weight is 385 g/mol. The van der Waals surface area contributed by atoms with E-state index in [1.807, 2.05) is 24.3 Å². The zero-order chi connectivity index (χ0) is 20.9. The summed E-state index contributed by atoms with van der Waals surface area (Å²) in [6.45, 7) is 8.05. The van der Waals surface area contributed by atoms with Crippen LogP contribution in [-0.4, -0.2) is 32.2 Å². The Morgan fingerprint density at radius 2 is 1.61 bits per heavy atom. The van der Waals surface area contributed by atoms with Crippen LogP contribution in [0.15, 0.2) is 42.5 Å². The first-order valence-electron chi connectivity index (χ1n) is 9.00. The van der Waals surface area contributed by atoms with E-state index in [0.29, 0.717) is 22.7 Å². The number of benzene rings is 2. The molecule has 1 amide bonds. The second-order valence-electron chi connectivity index (χ2n) is 7.43. The highest BCUT2D eigenvalue weighted by Crippen LogP contribution is 2.29. The van der Waals surface area contributed by atoms with E-state index < -0.39 is 12.1 Å². The maximum atomic E-state index is 12.5. The van der Waals surface area contributed by atoms with Gasteiger partial charge < -0.3 is 19.5 Å². The number of anilines is 1. The molecule has 150 valence electrons. The number of ether oxygens (including phenoxy) is 3. The van der Waals surface area contributed by atoms with E-state index in [1.165, 1.54) is 25.8 Å². The summed E-state index contributed by atoms with van der Waals surface area (Å²) in [5.74, 6) is -0.0603. The molecule has 28 heavy (non-hydrogen) atoms. The zero-order valence-electron chi connectivity index (χ0n) is 17.2. The topological polar surface area (TPSA) is 73.9 Å². The summed E-state index contributed by atoms with van der Waals surface area (Å²) in [6, 6.07) is 12.4. The predicted molar refractivity (Wildman–Crippen MR) is 108 cm³/mol. The average Bonchev–Trinajstić information content (AvgIpc) is 2.67. The highest BCUT2D eigenvalue weighted by molar-refractivity contribution is 5.94. The summed E-state index contributed by atoms with van der Waals surface area (Å²) in [4.78, 5) is 24.1. The van der Waals surface area contributed by atoms with Gasteiger partial charge in [-0.15, -0.1) is 0 Å². The molecule has 0 fully saturated rings. The van der Waals surface area contributed by atoms with Gasteiger partial charge in [0.2, 0.25) is 0 Å². The van der Waals surface area contributed by atoms with E-state index >= 15 is 0 Å². The van der Waals surface area contributed by atoms with E-state index in [1.54, 1.807) is 19.1 Å². The number of hydrogen-bond acceptors (Lipinski definition) is 5. The third-order valence-electron chi connectivity index (χ3n) is 4.28. The van der Waals surface area contributed by atoms with E-state index in [4.69, 9.17) is 14.2 Å². The minimum absolute atomic E-state index is 0.0475. The Hall–Kier alpha value is -3.02. The van der Waals surface area contributed by atoms with Gasteiger partial charge in [-0.05, 0) is 48.2 Å². The van der Waals surface area contributed by atoms with Gasteiger partial charge in [0.1, 0.15) is 0 Å². The number of esters is 1. The first-order valence-corrected chi connectivity index (χ1v) is 9.00. The molecule has 0 aliphatic heterocycles. The van der Waals surface area contributed by atoms with Crippen LogP contribution in [-0.2, 0) is 14.9 Å². The Morgan fingerprint density at radius 1 is 0.964 bits per heavy atom. The first-order chi connectivity index (χ1) is 13.2. The summed E-state index contributed by atoms with van der Waals surface area (Å²) in [5.41, 5.74) is 2.26. The highest BCUT2D eigenvalue weighted by atomic mass is 16.5. The lowest BCUT2D eigenvalue weighted by atomic mass is 9.87. The van der Waals surface area contributed by atoms with Gasteiger partial charge in [0, 0.05) is 5.69 Å². The Bertz CT molecular complexity index is 837. The van der Waals surface area contributed by atoms with Gasteiger partial charge in [-0.1, -0.05) is 32.9 Å². The molecule has 2 rings (SSSR count). The normalized spacial score (nSPS) is 12.1. The molecule has 0 aromatic heterocycles. The molecule has 1 atom stereocenters. The van der Waals surface area contributed by atoms with Crippen molar-refractivity contribution < 1.29 is 23.8 Å². The van der Waals surface area contributed by atoms with Crippen molar-refractivity contribution in [3.8, 4) is 11.5 Å². The van der Waals surface area contributed by atoms with Crippen molar-refractivity contribution in [1.82, 2.24) is 0 Å². The molecule has 0 saturated carbocycles. The Labute approximate surface area is 165 Å². The molecule has 2 aromatic rings. The molecule has 0 bridgehead atoms. The van der Waals surface area contributed by atoms with Crippen molar-refractivity contribution in [2.75, 3.05) is 19.5 Å². The number of hydrogen-bond donors (Lipinski definition) is 1. The van der Waals surface area contributed by atoms with E-state index in [2.05, 4.69) is 26.1 Å². The molecular formula is C22H27NO5. The van der Waals surface area contributed by atoms with Crippen LogP contribution in [0.25, 0.3) is 0 Å². The van der Waals surface area contributed by atoms with Crippen molar-refractivity contribution in [3.05, 3.63) is 53.6 Å². The molecule has 6 heteroatoms. The molecule has 6 nitrogen and oxygen atoms in total. The van der Waals surface area contributed by atoms with E-state index in [0.717, 1.165) is 0 Å². The molecule has 1 N–H and O–H groups in total. The van der Waals surface area contributed by atoms with E-state index in [-0.39, 0.29) is 11.3 Å². The molecule has 0 unspecified atom stereocenters. The first kappa shape index (κ1) is 21.3. The molecule has 0 aliphatic carbocycles. The van der Waals surface area contributed by atoms with Crippen LogP contribution in [0, 0.1) is 0 Å². The minimum Gasteiger partial charge on any atom is -0.493 e. The maximum absolute atomic E-state index is 12.5. The number of nitrogens with one attached hydrogen (secondary N) is 1. The lowest BCUT2D eigenvalue weighted by Gasteiger charge is -2.20. The van der Waals surface area contributed by atoms with Gasteiger partial charge in [0.05, 0.1) is 19.8 Å². The van der Waals surface area contributed by atoms with Crippen molar-refractivity contribution >= 4 is 17.6 Å². The summed E-state index contributed by atoms with van der Waals surface area (Å²) in [7, 11) is 2.77. The zero-order valence-corrected chi connectivity index (χ0v) is 17.2. The van der Waals surface area contributed by atoms with Crippen molar-refractivity contribution in [1.29, 1.82) is 0 Å². The fourth-order valence-corrected chi connectivity index (χ4v) is 2.55. The summed E-state index contributed by atoms with van der Waals surface area (Å²) >= 11 is 0. The van der Waals surface area contributed by atoms with E-state index in [9.17, 15) is 9.59 Å². The third kappa shape index (κ3) is 5.25. The van der Waals surface area contributed by atoms with Crippen LogP contribution in [0.2, 0.25) is 0 Å².